The molecule has 3 rings (SSSR count). The summed E-state index contributed by atoms with van der Waals surface area (Å²) in [6.45, 7) is 2.98. The number of hydrogen-bond donors (Lipinski definition) is 1. The second kappa shape index (κ2) is 4.30. The van der Waals surface area contributed by atoms with Crippen LogP contribution in [0.2, 0.25) is 0 Å². The fourth-order valence-corrected chi connectivity index (χ4v) is 2.67. The molecule has 1 saturated carbocycles. The van der Waals surface area contributed by atoms with Crippen LogP contribution in [0.5, 0.6) is 5.75 Å². The highest BCUT2D eigenvalue weighted by atomic mass is 19.1. The molecule has 1 aromatic rings. The number of fused-ring (bicyclic) bond motifs is 1. The van der Waals surface area contributed by atoms with Crippen LogP contribution in [-0.4, -0.2) is 12.6 Å². The molecule has 1 aromatic carbocycles. The van der Waals surface area contributed by atoms with E-state index in [0.29, 0.717) is 12.0 Å². The second-order valence-electron chi connectivity index (χ2n) is 5.02. The molecule has 3 heteroatoms. The molecule has 2 aliphatic rings. The first kappa shape index (κ1) is 11.0. The molecule has 0 spiro atoms. The zero-order chi connectivity index (χ0) is 11.8. The van der Waals surface area contributed by atoms with Crippen LogP contribution >= 0.6 is 0 Å². The van der Waals surface area contributed by atoms with E-state index in [1.807, 2.05) is 0 Å². The Morgan fingerprint density at radius 1 is 1.41 bits per heavy atom. The lowest BCUT2D eigenvalue weighted by Crippen LogP contribution is -2.34. The Morgan fingerprint density at radius 2 is 2.24 bits per heavy atom. The monoisotopic (exact) mass is 235 g/mol. The van der Waals surface area contributed by atoms with Crippen molar-refractivity contribution < 1.29 is 9.13 Å². The molecule has 1 aliphatic heterocycles. The lowest BCUT2D eigenvalue weighted by molar-refractivity contribution is 0.129. The number of nitrogens with one attached hydrogen (secondary N) is 1. The summed E-state index contributed by atoms with van der Waals surface area (Å²) in [5.41, 5.74) is 0.976. The predicted octanol–water partition coefficient (Wildman–Crippen LogP) is 3.04. The van der Waals surface area contributed by atoms with Crippen molar-refractivity contribution in [2.24, 2.45) is 5.92 Å². The van der Waals surface area contributed by atoms with Crippen molar-refractivity contribution in [1.82, 2.24) is 5.32 Å². The Morgan fingerprint density at radius 3 is 2.94 bits per heavy atom. The lowest BCUT2D eigenvalue weighted by Gasteiger charge is -2.32. The van der Waals surface area contributed by atoms with E-state index in [-0.39, 0.29) is 11.9 Å². The van der Waals surface area contributed by atoms with Gasteiger partial charge in [-0.05, 0) is 43.5 Å². The third-order valence-electron chi connectivity index (χ3n) is 3.69. The first-order valence-electron chi connectivity index (χ1n) is 6.47. The SMILES string of the molecule is CCNC1CC(C2CC2)Oc2ccc(F)cc21. The molecule has 1 aliphatic carbocycles. The van der Waals surface area contributed by atoms with E-state index in [9.17, 15) is 4.39 Å². The zero-order valence-corrected chi connectivity index (χ0v) is 10.1. The van der Waals surface area contributed by atoms with Crippen LogP contribution in [0.3, 0.4) is 0 Å². The normalized spacial score (nSPS) is 27.4. The van der Waals surface area contributed by atoms with Crippen molar-refractivity contribution in [3.63, 3.8) is 0 Å². The summed E-state index contributed by atoms with van der Waals surface area (Å²) in [6, 6.07) is 5.09. The number of rotatable bonds is 3. The number of halogens is 1. The molecule has 17 heavy (non-hydrogen) atoms. The molecule has 0 aromatic heterocycles. The van der Waals surface area contributed by atoms with E-state index in [4.69, 9.17) is 4.74 Å². The van der Waals surface area contributed by atoms with Crippen LogP contribution in [0, 0.1) is 11.7 Å². The van der Waals surface area contributed by atoms with Gasteiger partial charge in [0.25, 0.3) is 0 Å². The summed E-state index contributed by atoms with van der Waals surface area (Å²) >= 11 is 0. The average Bonchev–Trinajstić information content (AvgIpc) is 3.14. The summed E-state index contributed by atoms with van der Waals surface area (Å²) in [4.78, 5) is 0. The zero-order valence-electron chi connectivity index (χ0n) is 10.1. The first-order valence-corrected chi connectivity index (χ1v) is 6.47. The topological polar surface area (TPSA) is 21.3 Å². The molecule has 1 heterocycles. The van der Waals surface area contributed by atoms with Crippen LogP contribution in [0.4, 0.5) is 4.39 Å². The highest BCUT2D eigenvalue weighted by Crippen LogP contribution is 2.43. The maximum atomic E-state index is 13.3. The number of benzene rings is 1. The van der Waals surface area contributed by atoms with Crippen molar-refractivity contribution in [2.45, 2.75) is 38.3 Å². The molecule has 0 saturated heterocycles. The minimum Gasteiger partial charge on any atom is -0.490 e. The van der Waals surface area contributed by atoms with Gasteiger partial charge in [0, 0.05) is 18.0 Å². The van der Waals surface area contributed by atoms with Crippen LogP contribution in [0.15, 0.2) is 18.2 Å². The van der Waals surface area contributed by atoms with Crippen molar-refractivity contribution in [3.8, 4) is 5.75 Å². The molecule has 1 fully saturated rings. The van der Waals surface area contributed by atoms with Gasteiger partial charge >= 0.3 is 0 Å². The molecule has 0 amide bonds. The van der Waals surface area contributed by atoms with Crippen molar-refractivity contribution >= 4 is 0 Å². The van der Waals surface area contributed by atoms with E-state index in [0.717, 1.165) is 24.3 Å². The minimum absolute atomic E-state index is 0.180. The maximum Gasteiger partial charge on any atom is 0.124 e. The largest absolute Gasteiger partial charge is 0.490 e. The van der Waals surface area contributed by atoms with Gasteiger partial charge < -0.3 is 10.1 Å². The summed E-state index contributed by atoms with van der Waals surface area (Å²) in [6.07, 6.45) is 3.84. The van der Waals surface area contributed by atoms with Crippen molar-refractivity contribution in [2.75, 3.05) is 6.54 Å². The molecule has 1 N–H and O–H groups in total. The average molecular weight is 235 g/mol. The Labute approximate surface area is 101 Å². The fourth-order valence-electron chi connectivity index (χ4n) is 2.67. The van der Waals surface area contributed by atoms with Gasteiger partial charge in [-0.2, -0.15) is 0 Å². The molecule has 0 radical (unpaired) electrons. The Balaban J connectivity index is 1.90. The Bertz CT molecular complexity index is 417. The smallest absolute Gasteiger partial charge is 0.124 e. The molecule has 0 bridgehead atoms. The summed E-state index contributed by atoms with van der Waals surface area (Å²) < 4.78 is 19.3. The highest BCUT2D eigenvalue weighted by Gasteiger charge is 2.38. The van der Waals surface area contributed by atoms with Gasteiger partial charge in [-0.1, -0.05) is 6.92 Å². The molecule has 92 valence electrons. The van der Waals surface area contributed by atoms with E-state index in [2.05, 4.69) is 12.2 Å². The van der Waals surface area contributed by atoms with Gasteiger partial charge in [-0.3, -0.25) is 0 Å². The van der Waals surface area contributed by atoms with Crippen LogP contribution < -0.4 is 10.1 Å². The number of ether oxygens (including phenoxy) is 1. The minimum atomic E-state index is -0.180. The quantitative estimate of drug-likeness (QED) is 0.869. The predicted molar refractivity (Wildman–Crippen MR) is 64.6 cm³/mol. The summed E-state index contributed by atoms with van der Waals surface area (Å²) in [5, 5.41) is 3.43. The van der Waals surface area contributed by atoms with Gasteiger partial charge in [0.05, 0.1) is 0 Å². The summed E-state index contributed by atoms with van der Waals surface area (Å²) in [5.74, 6) is 1.40. The van der Waals surface area contributed by atoms with Gasteiger partial charge in [0.1, 0.15) is 17.7 Å². The second-order valence-corrected chi connectivity index (χ2v) is 5.02. The lowest BCUT2D eigenvalue weighted by atomic mass is 9.94. The maximum absolute atomic E-state index is 13.3. The van der Waals surface area contributed by atoms with Crippen molar-refractivity contribution in [3.05, 3.63) is 29.6 Å². The standard InChI is InChI=1S/C14H18FNO/c1-2-16-12-8-14(9-3-4-9)17-13-6-5-10(15)7-11(12)13/h5-7,9,12,14,16H,2-4,8H2,1H3. The molecule has 2 unspecified atom stereocenters. The third kappa shape index (κ3) is 2.16. The van der Waals surface area contributed by atoms with Crippen LogP contribution in [0.1, 0.15) is 37.8 Å². The van der Waals surface area contributed by atoms with Crippen LogP contribution in [-0.2, 0) is 0 Å². The van der Waals surface area contributed by atoms with Crippen LogP contribution in [0.25, 0.3) is 0 Å². The molecular weight excluding hydrogens is 217 g/mol. The Kier molecular flexibility index (Phi) is 2.79. The van der Waals surface area contributed by atoms with E-state index >= 15 is 0 Å². The summed E-state index contributed by atoms with van der Waals surface area (Å²) in [7, 11) is 0. The van der Waals surface area contributed by atoms with Crippen molar-refractivity contribution in [1.29, 1.82) is 0 Å². The molecular formula is C14H18FNO. The Hall–Kier alpha value is -1.09. The third-order valence-corrected chi connectivity index (χ3v) is 3.69. The van der Waals surface area contributed by atoms with E-state index in [1.54, 1.807) is 12.1 Å². The number of hydrogen-bond acceptors (Lipinski definition) is 2. The van der Waals surface area contributed by atoms with E-state index in [1.165, 1.54) is 18.9 Å². The first-order chi connectivity index (χ1) is 8.28. The highest BCUT2D eigenvalue weighted by molar-refractivity contribution is 5.38. The van der Waals surface area contributed by atoms with E-state index < -0.39 is 0 Å². The van der Waals surface area contributed by atoms with Gasteiger partial charge in [0.2, 0.25) is 0 Å². The van der Waals surface area contributed by atoms with Gasteiger partial charge in [-0.15, -0.1) is 0 Å². The molecule has 2 atom stereocenters. The van der Waals surface area contributed by atoms with Gasteiger partial charge in [0.15, 0.2) is 0 Å². The molecule has 2 nitrogen and oxygen atoms in total. The van der Waals surface area contributed by atoms with Gasteiger partial charge in [-0.25, -0.2) is 4.39 Å². The fraction of sp³-hybridized carbons (Fsp3) is 0.571.